The van der Waals surface area contributed by atoms with Gasteiger partial charge in [0.05, 0.1) is 18.9 Å². The quantitative estimate of drug-likeness (QED) is 0.520. The zero-order valence-corrected chi connectivity index (χ0v) is 19.7. The molecule has 0 aromatic carbocycles. The molecule has 8 nitrogen and oxygen atoms in total. The van der Waals surface area contributed by atoms with Gasteiger partial charge >= 0.3 is 6.18 Å². The maximum Gasteiger partial charge on any atom is 0.421 e. The Hall–Kier alpha value is -3.23. The molecule has 2 aliphatic heterocycles. The molecule has 0 aliphatic carbocycles. The van der Waals surface area contributed by atoms with Crippen molar-refractivity contribution < 1.29 is 22.6 Å². The molecule has 36 heavy (non-hydrogen) atoms. The monoisotopic (exact) mass is 500 g/mol. The van der Waals surface area contributed by atoms with Crippen molar-refractivity contribution in [2.45, 2.75) is 38.4 Å². The summed E-state index contributed by atoms with van der Waals surface area (Å²) in [5, 5.41) is 13.3. The fourth-order valence-electron chi connectivity index (χ4n) is 4.88. The van der Waals surface area contributed by atoms with E-state index in [4.69, 9.17) is 9.47 Å². The maximum atomic E-state index is 14.0. The Morgan fingerprint density at radius 1 is 1.19 bits per heavy atom. The van der Waals surface area contributed by atoms with Crippen LogP contribution in [0, 0.1) is 23.2 Å². The van der Waals surface area contributed by atoms with E-state index in [1.165, 1.54) is 6.20 Å². The summed E-state index contributed by atoms with van der Waals surface area (Å²) in [6.45, 7) is 3.98. The van der Waals surface area contributed by atoms with E-state index >= 15 is 0 Å². The molecule has 1 N–H and O–H groups in total. The third-order valence-electron chi connectivity index (χ3n) is 6.85. The number of hydrogen-bond acceptors (Lipinski definition) is 7. The molecular weight excluding hydrogens is 473 g/mol. The van der Waals surface area contributed by atoms with Crippen LogP contribution in [0.15, 0.2) is 24.5 Å². The van der Waals surface area contributed by atoms with Gasteiger partial charge in [-0.3, -0.25) is 0 Å². The van der Waals surface area contributed by atoms with Gasteiger partial charge in [-0.1, -0.05) is 0 Å². The highest BCUT2D eigenvalue weighted by Gasteiger charge is 2.36. The molecule has 1 atom stereocenters. The van der Waals surface area contributed by atoms with Gasteiger partial charge in [0.1, 0.15) is 17.3 Å². The van der Waals surface area contributed by atoms with Crippen molar-refractivity contribution in [1.29, 1.82) is 5.26 Å². The first kappa shape index (κ1) is 24.5. The van der Waals surface area contributed by atoms with Crippen molar-refractivity contribution in [2.75, 3.05) is 32.9 Å². The lowest BCUT2D eigenvalue weighted by Gasteiger charge is -2.22. The van der Waals surface area contributed by atoms with Crippen molar-refractivity contribution in [3.63, 3.8) is 0 Å². The molecule has 5 rings (SSSR count). The fraction of sp³-hybridized carbons (Fsp3) is 0.520. The number of piperidine rings is 1. The molecule has 190 valence electrons. The normalized spacial score (nSPS) is 19.0. The van der Waals surface area contributed by atoms with Crippen LogP contribution in [0.25, 0.3) is 22.3 Å². The van der Waals surface area contributed by atoms with E-state index in [9.17, 15) is 18.4 Å². The summed E-state index contributed by atoms with van der Waals surface area (Å²) in [4.78, 5) is 12.6. The Balaban J connectivity index is 1.45. The number of alkyl halides is 3. The van der Waals surface area contributed by atoms with E-state index in [-0.39, 0.29) is 23.7 Å². The third-order valence-corrected chi connectivity index (χ3v) is 6.85. The molecule has 2 saturated heterocycles. The zero-order chi connectivity index (χ0) is 25.1. The van der Waals surface area contributed by atoms with Gasteiger partial charge in [-0.05, 0) is 56.8 Å². The minimum absolute atomic E-state index is 0.115. The number of pyridine rings is 1. The first-order chi connectivity index (χ1) is 17.4. The smallest absolute Gasteiger partial charge is 0.421 e. The van der Waals surface area contributed by atoms with Gasteiger partial charge in [-0.2, -0.15) is 18.4 Å². The van der Waals surface area contributed by atoms with Crippen LogP contribution in [-0.4, -0.2) is 52.4 Å². The van der Waals surface area contributed by atoms with Crippen molar-refractivity contribution in [1.82, 2.24) is 24.8 Å². The van der Waals surface area contributed by atoms with Crippen LogP contribution in [0.4, 0.5) is 13.2 Å². The summed E-state index contributed by atoms with van der Waals surface area (Å²) in [5.74, 6) is 0.184. The standard InChI is InChI=1S/C25H27F3N6O2/c26-25(27,28)20-11-18(13-31-24(20)36-10-5-16-1-6-30-7-2-16)22-19-3-8-34(14-17-4-9-35-15-17)23(19)33-21(12-29)32-22/h3,8,11,13,16-17,30H,1-2,4-7,9-10,14-15H2. The summed E-state index contributed by atoms with van der Waals surface area (Å²) in [6.07, 6.45) is 2.05. The van der Waals surface area contributed by atoms with Gasteiger partial charge in [-0.15, -0.1) is 0 Å². The molecule has 0 bridgehead atoms. The zero-order valence-electron chi connectivity index (χ0n) is 19.7. The molecular formula is C25H27F3N6O2. The molecule has 1 unspecified atom stereocenters. The predicted molar refractivity (Wildman–Crippen MR) is 125 cm³/mol. The SMILES string of the molecule is N#Cc1nc(-c2cnc(OCCC3CCNCC3)c(C(F)(F)F)c2)c2ccn(CC3CCOC3)c2n1. The second kappa shape index (κ2) is 10.4. The topological polar surface area (TPSA) is 97.9 Å². The number of halogens is 3. The van der Waals surface area contributed by atoms with Crippen LogP contribution < -0.4 is 10.1 Å². The molecule has 3 aromatic rings. The minimum atomic E-state index is -4.66. The molecule has 5 heterocycles. The highest BCUT2D eigenvalue weighted by molar-refractivity contribution is 5.91. The number of nitrogens with zero attached hydrogens (tertiary/aromatic N) is 5. The molecule has 11 heteroatoms. The summed E-state index contributed by atoms with van der Waals surface area (Å²) < 4.78 is 54.8. The molecule has 0 amide bonds. The van der Waals surface area contributed by atoms with Gasteiger partial charge < -0.3 is 19.4 Å². The minimum Gasteiger partial charge on any atom is -0.477 e. The second-order valence-corrected chi connectivity index (χ2v) is 9.35. The Bertz CT molecular complexity index is 1260. The number of ether oxygens (including phenoxy) is 2. The van der Waals surface area contributed by atoms with Crippen molar-refractivity contribution in [3.8, 4) is 23.2 Å². The highest BCUT2D eigenvalue weighted by atomic mass is 19.4. The maximum absolute atomic E-state index is 14.0. The summed E-state index contributed by atoms with van der Waals surface area (Å²) in [7, 11) is 0. The second-order valence-electron chi connectivity index (χ2n) is 9.35. The summed E-state index contributed by atoms with van der Waals surface area (Å²) in [5.41, 5.74) is -0.0754. The molecule has 0 spiro atoms. The summed E-state index contributed by atoms with van der Waals surface area (Å²) in [6, 6.07) is 4.68. The van der Waals surface area contributed by atoms with E-state index in [1.54, 1.807) is 6.07 Å². The Labute approximate surface area is 206 Å². The molecule has 2 fully saturated rings. The van der Waals surface area contributed by atoms with Crippen molar-refractivity contribution in [3.05, 3.63) is 35.9 Å². The van der Waals surface area contributed by atoms with Crippen LogP contribution in [-0.2, 0) is 17.5 Å². The van der Waals surface area contributed by atoms with Gasteiger partial charge in [0.15, 0.2) is 0 Å². The van der Waals surface area contributed by atoms with Crippen LogP contribution in [0.1, 0.15) is 37.1 Å². The van der Waals surface area contributed by atoms with E-state index in [0.29, 0.717) is 49.0 Å². The lowest BCUT2D eigenvalue weighted by atomic mass is 9.95. The Morgan fingerprint density at radius 3 is 2.75 bits per heavy atom. The van der Waals surface area contributed by atoms with E-state index in [2.05, 4.69) is 20.3 Å². The lowest BCUT2D eigenvalue weighted by molar-refractivity contribution is -0.139. The average Bonchev–Trinajstić information content (AvgIpc) is 3.54. The number of hydrogen-bond donors (Lipinski definition) is 1. The highest BCUT2D eigenvalue weighted by Crippen LogP contribution is 2.38. The van der Waals surface area contributed by atoms with Crippen LogP contribution >= 0.6 is 0 Å². The fourth-order valence-corrected chi connectivity index (χ4v) is 4.88. The molecule has 3 aromatic heterocycles. The van der Waals surface area contributed by atoms with Crippen LogP contribution in [0.5, 0.6) is 5.88 Å². The van der Waals surface area contributed by atoms with Gasteiger partial charge in [0.25, 0.3) is 0 Å². The van der Waals surface area contributed by atoms with E-state index in [0.717, 1.165) is 38.4 Å². The van der Waals surface area contributed by atoms with Gasteiger partial charge in [-0.25, -0.2) is 15.0 Å². The molecule has 0 saturated carbocycles. The number of rotatable bonds is 7. The van der Waals surface area contributed by atoms with E-state index in [1.807, 2.05) is 16.8 Å². The molecule has 0 radical (unpaired) electrons. The lowest BCUT2D eigenvalue weighted by Crippen LogP contribution is -2.28. The number of nitrogens with one attached hydrogen (secondary N) is 1. The van der Waals surface area contributed by atoms with E-state index < -0.39 is 17.6 Å². The third kappa shape index (κ3) is 5.29. The van der Waals surface area contributed by atoms with Gasteiger partial charge in [0, 0.05) is 42.4 Å². The molecule has 2 aliphatic rings. The summed E-state index contributed by atoms with van der Waals surface area (Å²) >= 11 is 0. The number of fused-ring (bicyclic) bond motifs is 1. The van der Waals surface area contributed by atoms with Gasteiger partial charge in [0.2, 0.25) is 11.7 Å². The first-order valence-electron chi connectivity index (χ1n) is 12.2. The largest absolute Gasteiger partial charge is 0.477 e. The van der Waals surface area contributed by atoms with Crippen molar-refractivity contribution >= 4 is 11.0 Å². The Morgan fingerprint density at radius 2 is 2.03 bits per heavy atom. The van der Waals surface area contributed by atoms with Crippen molar-refractivity contribution in [2.24, 2.45) is 11.8 Å². The van der Waals surface area contributed by atoms with Crippen LogP contribution in [0.3, 0.4) is 0 Å². The van der Waals surface area contributed by atoms with Crippen LogP contribution in [0.2, 0.25) is 0 Å². The number of nitriles is 1. The average molecular weight is 501 g/mol. The number of aromatic nitrogens is 4. The first-order valence-corrected chi connectivity index (χ1v) is 12.2. The predicted octanol–water partition coefficient (Wildman–Crippen LogP) is 4.19. The Kier molecular flexibility index (Phi) is 7.07.